The molecule has 1 N–H and O–H groups in total. The molecule has 2 aromatic heterocycles. The normalized spacial score (nSPS) is 21.4. The first-order valence-electron chi connectivity index (χ1n) is 14.3. The molecule has 218 valence electrons. The van der Waals surface area contributed by atoms with Crippen molar-refractivity contribution in [1.82, 2.24) is 20.1 Å². The van der Waals surface area contributed by atoms with Crippen LogP contribution < -0.4 is 5.32 Å². The molecule has 1 aliphatic carbocycles. The summed E-state index contributed by atoms with van der Waals surface area (Å²) < 4.78 is 11.3. The quantitative estimate of drug-likeness (QED) is 0.265. The molecule has 5 rings (SSSR count). The fourth-order valence-electron chi connectivity index (χ4n) is 5.26. The first kappa shape index (κ1) is 29.5. The molecule has 42 heavy (non-hydrogen) atoms. The van der Waals surface area contributed by atoms with E-state index in [2.05, 4.69) is 33.4 Å². The average Bonchev–Trinajstić information content (AvgIpc) is 3.71. The van der Waals surface area contributed by atoms with Crippen LogP contribution in [0.4, 0.5) is 0 Å². The van der Waals surface area contributed by atoms with Crippen molar-refractivity contribution in [1.29, 1.82) is 5.26 Å². The zero-order chi connectivity index (χ0) is 29.2. The molecule has 1 aliphatic heterocycles. The van der Waals surface area contributed by atoms with E-state index in [1.807, 2.05) is 52.8 Å². The second kappa shape index (κ2) is 14.2. The Morgan fingerprint density at radius 3 is 2.69 bits per heavy atom. The van der Waals surface area contributed by atoms with Crippen molar-refractivity contribution >= 4 is 23.2 Å². The van der Waals surface area contributed by atoms with Gasteiger partial charge in [0.05, 0.1) is 24.1 Å². The number of benzene rings is 1. The Labute approximate surface area is 250 Å². The predicted octanol–water partition coefficient (Wildman–Crippen LogP) is 4.19. The van der Waals surface area contributed by atoms with Crippen molar-refractivity contribution in [2.24, 2.45) is 0 Å². The summed E-state index contributed by atoms with van der Waals surface area (Å²) in [7, 11) is 0. The molecule has 1 fully saturated rings. The third-order valence-electron chi connectivity index (χ3n) is 7.57. The molecule has 3 heterocycles. The first-order chi connectivity index (χ1) is 20.5. The van der Waals surface area contributed by atoms with E-state index in [9.17, 15) is 14.9 Å². The maximum absolute atomic E-state index is 13.6. The van der Waals surface area contributed by atoms with E-state index < -0.39 is 17.6 Å². The van der Waals surface area contributed by atoms with Crippen LogP contribution in [0.15, 0.2) is 88.3 Å². The Balaban J connectivity index is 1.10. The molecule has 1 saturated heterocycles. The van der Waals surface area contributed by atoms with E-state index in [-0.39, 0.29) is 17.6 Å². The van der Waals surface area contributed by atoms with Crippen molar-refractivity contribution in [3.05, 3.63) is 101 Å². The van der Waals surface area contributed by atoms with Crippen LogP contribution in [0.25, 0.3) is 0 Å². The Bertz CT molecular complexity index is 1380. The molecular formula is C32H35N5O4S. The largest absolute Gasteiger partial charge is 0.459 e. The highest BCUT2D eigenvalue weighted by Gasteiger charge is 2.30. The zero-order valence-corrected chi connectivity index (χ0v) is 24.2. The number of hydrogen-bond acceptors (Lipinski definition) is 8. The number of thiazole rings is 1. The van der Waals surface area contributed by atoms with Crippen molar-refractivity contribution < 1.29 is 18.7 Å². The van der Waals surface area contributed by atoms with Gasteiger partial charge in [0.15, 0.2) is 11.4 Å². The molecule has 0 bridgehead atoms. The SMILES string of the molecule is N#CC1(OCCCN2CCCN(C(=O)[C@@H](Cc3cscn3)NC(=O)c3ccco3)CC2)C=CC(c2ccccc2)C=C1. The number of nitrogens with zero attached hydrogens (tertiary/aromatic N) is 4. The maximum Gasteiger partial charge on any atom is 0.287 e. The zero-order valence-electron chi connectivity index (χ0n) is 23.4. The average molecular weight is 586 g/mol. The van der Waals surface area contributed by atoms with Gasteiger partial charge in [-0.1, -0.05) is 42.5 Å². The number of ether oxygens (including phenoxy) is 1. The molecule has 1 atom stereocenters. The fraction of sp³-hybridized carbons (Fsp3) is 0.375. The Kier molecular flexibility index (Phi) is 9.98. The van der Waals surface area contributed by atoms with Crippen molar-refractivity contribution in [2.45, 2.75) is 36.8 Å². The minimum absolute atomic E-state index is 0.117. The summed E-state index contributed by atoms with van der Waals surface area (Å²) in [5.41, 5.74) is 2.63. The lowest BCUT2D eigenvalue weighted by molar-refractivity contribution is -0.133. The van der Waals surface area contributed by atoms with Crippen LogP contribution in [0.1, 0.15) is 40.6 Å². The molecule has 10 heteroatoms. The number of nitriles is 1. The van der Waals surface area contributed by atoms with Gasteiger partial charge in [-0.25, -0.2) is 4.98 Å². The number of hydrogen-bond donors (Lipinski definition) is 1. The summed E-state index contributed by atoms with van der Waals surface area (Å²) in [5, 5.41) is 14.6. The van der Waals surface area contributed by atoms with Gasteiger partial charge in [-0.05, 0) is 49.2 Å². The van der Waals surface area contributed by atoms with E-state index in [0.29, 0.717) is 26.1 Å². The standard InChI is InChI=1S/C32H35N5O4S/c33-23-32(12-10-26(11-13-32)25-7-2-1-3-8-25)41-20-6-15-36-14-5-16-37(18-17-36)31(39)28(21-27-22-42-24-34-27)35-30(38)29-9-4-19-40-29/h1-4,7-13,19,22,24,26,28H,5-6,14-18,20-21H2,(H,35,38)/t26?,28-,32?/m1/s1. The number of nitrogens with one attached hydrogen (secondary N) is 1. The number of rotatable bonds is 11. The molecule has 0 saturated carbocycles. The summed E-state index contributed by atoms with van der Waals surface area (Å²) in [4.78, 5) is 34.7. The monoisotopic (exact) mass is 585 g/mol. The lowest BCUT2D eigenvalue weighted by Crippen LogP contribution is -2.50. The van der Waals surface area contributed by atoms with Crippen LogP contribution in [-0.4, -0.2) is 77.6 Å². The number of carbonyl (C=O) groups is 2. The molecule has 9 nitrogen and oxygen atoms in total. The van der Waals surface area contributed by atoms with E-state index in [4.69, 9.17) is 9.15 Å². The number of furan rings is 1. The van der Waals surface area contributed by atoms with E-state index in [1.165, 1.54) is 23.2 Å². The Hall–Kier alpha value is -4.04. The molecule has 2 aliphatic rings. The number of amides is 2. The molecule has 2 amide bonds. The Morgan fingerprint density at radius 2 is 1.98 bits per heavy atom. The predicted molar refractivity (Wildman–Crippen MR) is 160 cm³/mol. The highest BCUT2D eigenvalue weighted by molar-refractivity contribution is 7.07. The van der Waals surface area contributed by atoms with Gasteiger partial charge in [0.1, 0.15) is 12.1 Å². The van der Waals surface area contributed by atoms with Gasteiger partial charge in [-0.3, -0.25) is 9.59 Å². The molecule has 3 aromatic rings. The van der Waals surface area contributed by atoms with Gasteiger partial charge in [-0.15, -0.1) is 11.3 Å². The fourth-order valence-corrected chi connectivity index (χ4v) is 5.83. The van der Waals surface area contributed by atoms with Crippen LogP contribution in [-0.2, 0) is 16.0 Å². The number of aromatic nitrogens is 1. The summed E-state index contributed by atoms with van der Waals surface area (Å²) in [6.45, 7) is 4.03. The summed E-state index contributed by atoms with van der Waals surface area (Å²) in [5.74, 6) is -0.227. The van der Waals surface area contributed by atoms with E-state index >= 15 is 0 Å². The van der Waals surface area contributed by atoms with Crippen LogP contribution in [0.2, 0.25) is 0 Å². The minimum Gasteiger partial charge on any atom is -0.459 e. The smallest absolute Gasteiger partial charge is 0.287 e. The van der Waals surface area contributed by atoms with Gasteiger partial charge in [0, 0.05) is 43.9 Å². The van der Waals surface area contributed by atoms with E-state index in [1.54, 1.807) is 17.6 Å². The second-order valence-corrected chi connectivity index (χ2v) is 11.2. The van der Waals surface area contributed by atoms with Crippen LogP contribution in [0, 0.1) is 11.3 Å². The van der Waals surface area contributed by atoms with Crippen LogP contribution in [0.3, 0.4) is 0 Å². The van der Waals surface area contributed by atoms with Gasteiger partial charge >= 0.3 is 0 Å². The summed E-state index contributed by atoms with van der Waals surface area (Å²) in [6.07, 6.45) is 11.1. The summed E-state index contributed by atoms with van der Waals surface area (Å²) >= 11 is 1.46. The van der Waals surface area contributed by atoms with Gasteiger partial charge in [0.2, 0.25) is 5.91 Å². The van der Waals surface area contributed by atoms with E-state index in [0.717, 1.165) is 38.2 Å². The van der Waals surface area contributed by atoms with Gasteiger partial charge in [-0.2, -0.15) is 5.26 Å². The van der Waals surface area contributed by atoms with Gasteiger partial charge in [0.25, 0.3) is 5.91 Å². The molecule has 0 unspecified atom stereocenters. The number of carbonyl (C=O) groups excluding carboxylic acids is 2. The highest BCUT2D eigenvalue weighted by Crippen LogP contribution is 2.28. The number of allylic oxidation sites excluding steroid dienone is 2. The Morgan fingerprint density at radius 1 is 1.14 bits per heavy atom. The van der Waals surface area contributed by atoms with Crippen molar-refractivity contribution in [3.63, 3.8) is 0 Å². The molecule has 1 aromatic carbocycles. The lowest BCUT2D eigenvalue weighted by atomic mass is 9.89. The van der Waals surface area contributed by atoms with Crippen LogP contribution in [0.5, 0.6) is 0 Å². The minimum atomic E-state index is -1.04. The van der Waals surface area contributed by atoms with Crippen LogP contribution >= 0.6 is 11.3 Å². The second-order valence-electron chi connectivity index (χ2n) is 10.5. The topological polar surface area (TPSA) is 112 Å². The first-order valence-corrected chi connectivity index (χ1v) is 15.2. The third kappa shape index (κ3) is 7.62. The third-order valence-corrected chi connectivity index (χ3v) is 8.20. The molecule has 0 radical (unpaired) electrons. The van der Waals surface area contributed by atoms with Gasteiger partial charge < -0.3 is 24.3 Å². The van der Waals surface area contributed by atoms with Crippen molar-refractivity contribution in [3.8, 4) is 6.07 Å². The van der Waals surface area contributed by atoms with Crippen molar-refractivity contribution in [2.75, 3.05) is 39.3 Å². The maximum atomic E-state index is 13.6. The highest BCUT2D eigenvalue weighted by atomic mass is 32.1. The molecule has 0 spiro atoms. The summed E-state index contributed by atoms with van der Waals surface area (Å²) in [6, 6.07) is 15.0. The lowest BCUT2D eigenvalue weighted by Gasteiger charge is -2.27. The molecular weight excluding hydrogens is 550 g/mol.